The molecule has 0 aromatic rings. The van der Waals surface area contributed by atoms with Gasteiger partial charge in [0.05, 0.1) is 0 Å². The summed E-state index contributed by atoms with van der Waals surface area (Å²) in [7, 11) is 1.96. The fraction of sp³-hybridized carbons (Fsp3) is 0.923. The molecule has 2 nitrogen and oxygen atoms in total. The van der Waals surface area contributed by atoms with Crippen molar-refractivity contribution in [3.8, 4) is 0 Å². The highest BCUT2D eigenvalue weighted by Crippen LogP contribution is 2.32. The Morgan fingerprint density at radius 3 is 2.62 bits per heavy atom. The Labute approximate surface area is 108 Å². The molecule has 0 spiro atoms. The molecule has 1 fully saturated rings. The first-order chi connectivity index (χ1) is 7.66. The SMILES string of the molecule is CC1CCCC1C(=O)N(C)CCCCCBr. The monoisotopic (exact) mass is 289 g/mol. The van der Waals surface area contributed by atoms with Gasteiger partial charge in [0, 0.05) is 24.8 Å². The third kappa shape index (κ3) is 4.08. The van der Waals surface area contributed by atoms with Gasteiger partial charge in [-0.25, -0.2) is 0 Å². The van der Waals surface area contributed by atoms with Crippen LogP contribution in [0.25, 0.3) is 0 Å². The molecule has 0 aliphatic heterocycles. The summed E-state index contributed by atoms with van der Waals surface area (Å²) in [6.07, 6.45) is 7.12. The number of amides is 1. The van der Waals surface area contributed by atoms with E-state index in [0.29, 0.717) is 17.7 Å². The van der Waals surface area contributed by atoms with E-state index >= 15 is 0 Å². The maximum atomic E-state index is 12.1. The van der Waals surface area contributed by atoms with E-state index in [-0.39, 0.29) is 0 Å². The van der Waals surface area contributed by atoms with Gasteiger partial charge in [-0.15, -0.1) is 0 Å². The normalized spacial score (nSPS) is 24.7. The summed E-state index contributed by atoms with van der Waals surface area (Å²) < 4.78 is 0. The van der Waals surface area contributed by atoms with Crippen molar-refractivity contribution in [2.75, 3.05) is 18.9 Å². The second-order valence-corrected chi connectivity index (χ2v) is 5.82. The van der Waals surface area contributed by atoms with Crippen LogP contribution in [0.1, 0.15) is 45.4 Å². The van der Waals surface area contributed by atoms with E-state index in [1.807, 2.05) is 11.9 Å². The number of carbonyl (C=O) groups is 1. The van der Waals surface area contributed by atoms with Crippen molar-refractivity contribution in [1.82, 2.24) is 4.90 Å². The molecule has 0 heterocycles. The third-order valence-electron chi connectivity index (χ3n) is 3.68. The van der Waals surface area contributed by atoms with Gasteiger partial charge >= 0.3 is 0 Å². The molecule has 3 heteroatoms. The van der Waals surface area contributed by atoms with Crippen molar-refractivity contribution in [2.24, 2.45) is 11.8 Å². The molecule has 1 amide bonds. The van der Waals surface area contributed by atoms with Gasteiger partial charge in [-0.2, -0.15) is 0 Å². The summed E-state index contributed by atoms with van der Waals surface area (Å²) in [4.78, 5) is 14.1. The van der Waals surface area contributed by atoms with E-state index in [1.54, 1.807) is 0 Å². The molecule has 16 heavy (non-hydrogen) atoms. The number of nitrogens with zero attached hydrogens (tertiary/aromatic N) is 1. The van der Waals surface area contributed by atoms with Crippen molar-refractivity contribution in [2.45, 2.75) is 45.4 Å². The lowest BCUT2D eigenvalue weighted by Gasteiger charge is -2.23. The summed E-state index contributed by atoms with van der Waals surface area (Å²) in [5.41, 5.74) is 0. The molecule has 0 radical (unpaired) electrons. The Hall–Kier alpha value is -0.0500. The van der Waals surface area contributed by atoms with Crippen LogP contribution in [0.4, 0.5) is 0 Å². The lowest BCUT2D eigenvalue weighted by atomic mass is 9.96. The largest absolute Gasteiger partial charge is 0.346 e. The standard InChI is InChI=1S/C13H24BrNO/c1-11-7-6-8-12(11)13(16)15(2)10-5-3-4-9-14/h11-12H,3-10H2,1-2H3. The number of alkyl halides is 1. The molecule has 2 atom stereocenters. The molecule has 1 saturated carbocycles. The zero-order valence-corrected chi connectivity index (χ0v) is 12.1. The number of unbranched alkanes of at least 4 members (excludes halogenated alkanes) is 2. The van der Waals surface area contributed by atoms with E-state index in [2.05, 4.69) is 22.9 Å². The van der Waals surface area contributed by atoms with Crippen molar-refractivity contribution in [1.29, 1.82) is 0 Å². The molecular weight excluding hydrogens is 266 g/mol. The molecule has 0 saturated heterocycles. The fourth-order valence-corrected chi connectivity index (χ4v) is 2.92. The fourth-order valence-electron chi connectivity index (χ4n) is 2.53. The minimum Gasteiger partial charge on any atom is -0.346 e. The van der Waals surface area contributed by atoms with Gasteiger partial charge < -0.3 is 4.90 Å². The topological polar surface area (TPSA) is 20.3 Å². The van der Waals surface area contributed by atoms with Crippen molar-refractivity contribution >= 4 is 21.8 Å². The van der Waals surface area contributed by atoms with Crippen molar-refractivity contribution in [3.05, 3.63) is 0 Å². The molecule has 94 valence electrons. The minimum atomic E-state index is 0.307. The second kappa shape index (κ2) is 7.31. The summed E-state index contributed by atoms with van der Waals surface area (Å²) in [5.74, 6) is 1.28. The zero-order chi connectivity index (χ0) is 12.0. The van der Waals surface area contributed by atoms with Gasteiger partial charge in [-0.1, -0.05) is 35.7 Å². The van der Waals surface area contributed by atoms with E-state index in [4.69, 9.17) is 0 Å². The highest BCUT2D eigenvalue weighted by molar-refractivity contribution is 9.09. The van der Waals surface area contributed by atoms with Crippen LogP contribution < -0.4 is 0 Å². The Balaban J connectivity index is 2.24. The van der Waals surface area contributed by atoms with E-state index in [9.17, 15) is 4.79 Å². The Bertz CT molecular complexity index is 220. The first-order valence-corrected chi connectivity index (χ1v) is 7.60. The number of rotatable bonds is 6. The highest BCUT2D eigenvalue weighted by atomic mass is 79.9. The smallest absolute Gasteiger partial charge is 0.225 e. The second-order valence-electron chi connectivity index (χ2n) is 5.02. The van der Waals surface area contributed by atoms with Crippen LogP contribution in [0.5, 0.6) is 0 Å². The highest BCUT2D eigenvalue weighted by Gasteiger charge is 2.31. The molecule has 0 aromatic carbocycles. The van der Waals surface area contributed by atoms with E-state index in [1.165, 1.54) is 25.7 Å². The predicted octanol–water partition coefficient (Wildman–Crippen LogP) is 3.45. The average Bonchev–Trinajstić information content (AvgIpc) is 2.69. The van der Waals surface area contributed by atoms with Crippen LogP contribution in [0.15, 0.2) is 0 Å². The zero-order valence-electron chi connectivity index (χ0n) is 10.5. The maximum Gasteiger partial charge on any atom is 0.225 e. The van der Waals surface area contributed by atoms with Crippen LogP contribution in [0.3, 0.4) is 0 Å². The van der Waals surface area contributed by atoms with Crippen molar-refractivity contribution < 1.29 is 4.79 Å². The van der Waals surface area contributed by atoms with Gasteiger partial charge in [0.2, 0.25) is 5.91 Å². The van der Waals surface area contributed by atoms with Crippen LogP contribution in [0, 0.1) is 11.8 Å². The predicted molar refractivity (Wildman–Crippen MR) is 71.8 cm³/mol. The quantitative estimate of drug-likeness (QED) is 0.542. The average molecular weight is 290 g/mol. The molecule has 1 aliphatic carbocycles. The van der Waals surface area contributed by atoms with Gasteiger partial charge in [-0.3, -0.25) is 4.79 Å². The Morgan fingerprint density at radius 1 is 1.31 bits per heavy atom. The number of carbonyl (C=O) groups excluding carboxylic acids is 1. The van der Waals surface area contributed by atoms with Crippen molar-refractivity contribution in [3.63, 3.8) is 0 Å². The first kappa shape index (κ1) is 14.0. The lowest BCUT2D eigenvalue weighted by Crippen LogP contribution is -2.34. The van der Waals surface area contributed by atoms with E-state index in [0.717, 1.165) is 24.7 Å². The van der Waals surface area contributed by atoms with Gasteiger partial charge in [0.15, 0.2) is 0 Å². The van der Waals surface area contributed by atoms with Gasteiger partial charge in [0.25, 0.3) is 0 Å². The molecule has 1 rings (SSSR count). The first-order valence-electron chi connectivity index (χ1n) is 6.47. The number of hydrogen-bond donors (Lipinski definition) is 0. The van der Waals surface area contributed by atoms with E-state index < -0.39 is 0 Å². The number of hydrogen-bond acceptors (Lipinski definition) is 1. The summed E-state index contributed by atoms with van der Waals surface area (Å²) in [6, 6.07) is 0. The minimum absolute atomic E-state index is 0.307. The summed E-state index contributed by atoms with van der Waals surface area (Å²) >= 11 is 3.43. The summed E-state index contributed by atoms with van der Waals surface area (Å²) in [5, 5.41) is 1.07. The van der Waals surface area contributed by atoms with Gasteiger partial charge in [-0.05, 0) is 31.6 Å². The summed E-state index contributed by atoms with van der Waals surface area (Å²) in [6.45, 7) is 3.14. The molecule has 1 aliphatic rings. The molecule has 0 bridgehead atoms. The molecule has 2 unspecified atom stereocenters. The van der Waals surface area contributed by atoms with Crippen LogP contribution in [-0.4, -0.2) is 29.7 Å². The molecule has 0 aromatic heterocycles. The molecular formula is C13H24BrNO. The lowest BCUT2D eigenvalue weighted by molar-refractivity contribution is -0.135. The Morgan fingerprint density at radius 2 is 2.06 bits per heavy atom. The maximum absolute atomic E-state index is 12.1. The van der Waals surface area contributed by atoms with Crippen LogP contribution in [-0.2, 0) is 4.79 Å². The third-order valence-corrected chi connectivity index (χ3v) is 4.24. The number of halogens is 1. The van der Waals surface area contributed by atoms with Gasteiger partial charge in [0.1, 0.15) is 0 Å². The Kier molecular flexibility index (Phi) is 6.40. The van der Waals surface area contributed by atoms with Crippen LogP contribution in [0.2, 0.25) is 0 Å². The molecule has 0 N–H and O–H groups in total. The van der Waals surface area contributed by atoms with Crippen LogP contribution >= 0.6 is 15.9 Å².